The summed E-state index contributed by atoms with van der Waals surface area (Å²) in [6.07, 6.45) is 2.29. The average molecular weight is 167 g/mol. The van der Waals surface area contributed by atoms with E-state index in [1.165, 1.54) is 0 Å². The van der Waals surface area contributed by atoms with Gasteiger partial charge in [-0.1, -0.05) is 18.9 Å². The molecule has 1 aliphatic rings. The SMILES string of the molecule is CC(C)C1(c2nnc(N)o2)CC1. The largest absolute Gasteiger partial charge is 0.408 e. The van der Waals surface area contributed by atoms with E-state index < -0.39 is 0 Å². The van der Waals surface area contributed by atoms with Gasteiger partial charge < -0.3 is 10.2 Å². The minimum absolute atomic E-state index is 0.143. The predicted octanol–water partition coefficient (Wildman–Crippen LogP) is 1.34. The molecule has 0 spiro atoms. The Bertz CT molecular complexity index is 288. The Kier molecular flexibility index (Phi) is 1.40. The molecule has 0 aromatic carbocycles. The van der Waals surface area contributed by atoms with Crippen molar-refractivity contribution < 1.29 is 4.42 Å². The van der Waals surface area contributed by atoms with Crippen LogP contribution in [-0.4, -0.2) is 10.2 Å². The van der Waals surface area contributed by atoms with Crippen molar-refractivity contribution in [2.75, 3.05) is 5.73 Å². The normalized spacial score (nSPS) is 19.9. The van der Waals surface area contributed by atoms with E-state index in [0.717, 1.165) is 18.7 Å². The van der Waals surface area contributed by atoms with Crippen LogP contribution in [0.2, 0.25) is 0 Å². The number of anilines is 1. The smallest absolute Gasteiger partial charge is 0.312 e. The van der Waals surface area contributed by atoms with Gasteiger partial charge in [-0.2, -0.15) is 0 Å². The molecule has 1 fully saturated rings. The molecule has 2 rings (SSSR count). The van der Waals surface area contributed by atoms with Gasteiger partial charge in [0.1, 0.15) is 0 Å². The van der Waals surface area contributed by atoms with Crippen molar-refractivity contribution >= 4 is 6.01 Å². The van der Waals surface area contributed by atoms with Crippen molar-refractivity contribution in [1.82, 2.24) is 10.2 Å². The Balaban J connectivity index is 2.30. The minimum atomic E-state index is 0.143. The maximum atomic E-state index is 5.36. The zero-order chi connectivity index (χ0) is 8.77. The first-order valence-corrected chi connectivity index (χ1v) is 4.24. The van der Waals surface area contributed by atoms with E-state index in [0.29, 0.717) is 5.92 Å². The summed E-state index contributed by atoms with van der Waals surface area (Å²) in [4.78, 5) is 0. The fourth-order valence-corrected chi connectivity index (χ4v) is 1.61. The molecule has 2 N–H and O–H groups in total. The number of nitrogens with zero attached hydrogens (tertiary/aromatic N) is 2. The van der Waals surface area contributed by atoms with Gasteiger partial charge in [-0.05, 0) is 18.8 Å². The highest BCUT2D eigenvalue weighted by molar-refractivity contribution is 5.19. The number of rotatable bonds is 2. The molecule has 1 aromatic heterocycles. The molecule has 0 aliphatic heterocycles. The second-order valence-corrected chi connectivity index (χ2v) is 3.76. The van der Waals surface area contributed by atoms with E-state index >= 15 is 0 Å². The molecule has 1 heterocycles. The molecule has 0 amide bonds. The molecule has 0 atom stereocenters. The third kappa shape index (κ3) is 0.906. The maximum Gasteiger partial charge on any atom is 0.312 e. The lowest BCUT2D eigenvalue weighted by atomic mass is 9.92. The summed E-state index contributed by atoms with van der Waals surface area (Å²) in [7, 11) is 0. The molecule has 1 aliphatic carbocycles. The summed E-state index contributed by atoms with van der Waals surface area (Å²) in [5.41, 5.74) is 5.51. The van der Waals surface area contributed by atoms with Gasteiger partial charge in [-0.25, -0.2) is 0 Å². The van der Waals surface area contributed by atoms with Crippen LogP contribution >= 0.6 is 0 Å². The van der Waals surface area contributed by atoms with Gasteiger partial charge in [-0.3, -0.25) is 0 Å². The van der Waals surface area contributed by atoms with Crippen molar-refractivity contribution in [2.45, 2.75) is 32.1 Å². The van der Waals surface area contributed by atoms with Gasteiger partial charge in [0.2, 0.25) is 5.89 Å². The molecular formula is C8H13N3O. The highest BCUT2D eigenvalue weighted by Crippen LogP contribution is 2.53. The topological polar surface area (TPSA) is 64.9 Å². The first-order valence-electron chi connectivity index (χ1n) is 4.24. The van der Waals surface area contributed by atoms with Gasteiger partial charge in [0.25, 0.3) is 0 Å². The Hall–Kier alpha value is -1.06. The molecule has 4 nitrogen and oxygen atoms in total. The molecule has 0 radical (unpaired) electrons. The zero-order valence-electron chi connectivity index (χ0n) is 7.37. The Morgan fingerprint density at radius 1 is 1.42 bits per heavy atom. The van der Waals surface area contributed by atoms with Crippen molar-refractivity contribution in [1.29, 1.82) is 0 Å². The lowest BCUT2D eigenvalue weighted by Gasteiger charge is -2.13. The molecule has 1 aromatic rings. The number of nitrogens with two attached hydrogens (primary N) is 1. The van der Waals surface area contributed by atoms with E-state index in [9.17, 15) is 0 Å². The third-order valence-electron chi connectivity index (χ3n) is 2.76. The van der Waals surface area contributed by atoms with Crippen molar-refractivity contribution in [3.63, 3.8) is 0 Å². The Morgan fingerprint density at radius 3 is 2.42 bits per heavy atom. The number of nitrogen functional groups attached to an aromatic ring is 1. The third-order valence-corrected chi connectivity index (χ3v) is 2.76. The quantitative estimate of drug-likeness (QED) is 0.721. The molecular weight excluding hydrogens is 154 g/mol. The summed E-state index contributed by atoms with van der Waals surface area (Å²) < 4.78 is 5.23. The maximum absolute atomic E-state index is 5.36. The molecule has 0 unspecified atom stereocenters. The van der Waals surface area contributed by atoms with Crippen LogP contribution in [0.5, 0.6) is 0 Å². The molecule has 66 valence electrons. The van der Waals surface area contributed by atoms with Gasteiger partial charge in [0.15, 0.2) is 0 Å². The Morgan fingerprint density at radius 2 is 2.08 bits per heavy atom. The zero-order valence-corrected chi connectivity index (χ0v) is 7.37. The van der Waals surface area contributed by atoms with Gasteiger partial charge in [0, 0.05) is 0 Å². The predicted molar refractivity (Wildman–Crippen MR) is 44.5 cm³/mol. The van der Waals surface area contributed by atoms with Gasteiger partial charge >= 0.3 is 6.01 Å². The fraction of sp³-hybridized carbons (Fsp3) is 0.750. The van der Waals surface area contributed by atoms with Crippen molar-refractivity contribution in [3.05, 3.63) is 5.89 Å². The molecule has 0 saturated heterocycles. The Labute approximate surface area is 71.2 Å². The number of hydrogen-bond acceptors (Lipinski definition) is 4. The van der Waals surface area contributed by atoms with Gasteiger partial charge in [0.05, 0.1) is 5.41 Å². The lowest BCUT2D eigenvalue weighted by molar-refractivity contribution is 0.370. The fourth-order valence-electron chi connectivity index (χ4n) is 1.61. The van der Waals surface area contributed by atoms with E-state index in [1.807, 2.05) is 0 Å². The molecule has 0 bridgehead atoms. The molecule has 4 heteroatoms. The number of aromatic nitrogens is 2. The van der Waals surface area contributed by atoms with Crippen molar-refractivity contribution in [3.8, 4) is 0 Å². The van der Waals surface area contributed by atoms with Crippen LogP contribution in [0.25, 0.3) is 0 Å². The van der Waals surface area contributed by atoms with Crippen LogP contribution in [0, 0.1) is 5.92 Å². The first kappa shape index (κ1) is 7.58. The summed E-state index contributed by atoms with van der Waals surface area (Å²) in [6.45, 7) is 4.35. The molecule has 12 heavy (non-hydrogen) atoms. The monoisotopic (exact) mass is 167 g/mol. The first-order chi connectivity index (χ1) is 5.65. The van der Waals surface area contributed by atoms with Crippen molar-refractivity contribution in [2.24, 2.45) is 5.92 Å². The van der Waals surface area contributed by atoms with Crippen LogP contribution in [-0.2, 0) is 5.41 Å². The summed E-state index contributed by atoms with van der Waals surface area (Å²) in [6, 6.07) is 0.178. The van der Waals surface area contributed by atoms with Crippen LogP contribution in [0.15, 0.2) is 4.42 Å². The lowest BCUT2D eigenvalue weighted by Crippen LogP contribution is -2.14. The van der Waals surface area contributed by atoms with Crippen LogP contribution in [0.4, 0.5) is 6.01 Å². The van der Waals surface area contributed by atoms with Crippen LogP contribution in [0.1, 0.15) is 32.6 Å². The van der Waals surface area contributed by atoms with E-state index in [4.69, 9.17) is 10.2 Å². The van der Waals surface area contributed by atoms with Crippen LogP contribution in [0.3, 0.4) is 0 Å². The highest BCUT2D eigenvalue weighted by Gasteiger charge is 2.51. The highest BCUT2D eigenvalue weighted by atomic mass is 16.4. The molecule has 1 saturated carbocycles. The average Bonchev–Trinajstić information content (AvgIpc) is 2.71. The minimum Gasteiger partial charge on any atom is -0.408 e. The van der Waals surface area contributed by atoms with E-state index in [-0.39, 0.29) is 11.4 Å². The summed E-state index contributed by atoms with van der Waals surface area (Å²) in [5.74, 6) is 1.27. The standard InChI is InChI=1S/C8H13N3O/c1-5(2)8(3-4-8)6-10-11-7(9)12-6/h5H,3-4H2,1-2H3,(H2,9,11). The summed E-state index contributed by atoms with van der Waals surface area (Å²) in [5, 5.41) is 7.60. The summed E-state index contributed by atoms with van der Waals surface area (Å²) >= 11 is 0. The second-order valence-electron chi connectivity index (χ2n) is 3.76. The second kappa shape index (κ2) is 2.21. The number of hydrogen-bond donors (Lipinski definition) is 1. The van der Waals surface area contributed by atoms with Crippen LogP contribution < -0.4 is 5.73 Å². The van der Waals surface area contributed by atoms with E-state index in [2.05, 4.69) is 24.0 Å². The van der Waals surface area contributed by atoms with E-state index in [1.54, 1.807) is 0 Å². The van der Waals surface area contributed by atoms with Gasteiger partial charge in [-0.15, -0.1) is 5.10 Å².